The van der Waals surface area contributed by atoms with Gasteiger partial charge in [-0.1, -0.05) is 37.3 Å². The first-order chi connectivity index (χ1) is 6.25. The Morgan fingerprint density at radius 2 is 2.23 bits per heavy atom. The van der Waals surface area contributed by atoms with E-state index >= 15 is 0 Å². The summed E-state index contributed by atoms with van der Waals surface area (Å²) in [7, 11) is 0. The number of nitrogens with one attached hydrogen (secondary N) is 1. The molecule has 2 atom stereocenters. The van der Waals surface area contributed by atoms with E-state index in [-0.39, 0.29) is 11.9 Å². The Morgan fingerprint density at radius 1 is 1.46 bits per heavy atom. The fourth-order valence-electron chi connectivity index (χ4n) is 1.61. The highest BCUT2D eigenvalue weighted by atomic mass is 16.2. The Labute approximate surface area is 78.0 Å². The molecule has 2 nitrogen and oxygen atoms in total. The molecule has 2 unspecified atom stereocenters. The predicted molar refractivity (Wildman–Crippen MR) is 52.1 cm³/mol. The molecule has 1 heterocycles. The third-order valence-corrected chi connectivity index (χ3v) is 2.40. The van der Waals surface area contributed by atoms with Crippen molar-refractivity contribution in [1.82, 2.24) is 5.32 Å². The molecule has 0 spiro atoms. The van der Waals surface area contributed by atoms with Gasteiger partial charge in [-0.05, 0) is 11.5 Å². The van der Waals surface area contributed by atoms with Crippen LogP contribution >= 0.6 is 0 Å². The van der Waals surface area contributed by atoms with E-state index in [1.807, 2.05) is 6.08 Å². The lowest BCUT2D eigenvalue weighted by Gasteiger charge is -2.28. The minimum atomic E-state index is 0.157. The second-order valence-corrected chi connectivity index (χ2v) is 3.59. The van der Waals surface area contributed by atoms with Crippen molar-refractivity contribution in [2.45, 2.75) is 19.4 Å². The van der Waals surface area contributed by atoms with E-state index in [1.165, 1.54) is 5.57 Å². The van der Waals surface area contributed by atoms with Crippen LogP contribution in [-0.4, -0.2) is 11.9 Å². The Balaban J connectivity index is 2.10. The summed E-state index contributed by atoms with van der Waals surface area (Å²) in [5.41, 5.74) is 1.23. The number of hydrogen-bond donors (Lipinski definition) is 1. The van der Waals surface area contributed by atoms with Gasteiger partial charge in [0.15, 0.2) is 0 Å². The van der Waals surface area contributed by atoms with Crippen LogP contribution in [0.15, 0.2) is 36.0 Å². The number of allylic oxidation sites excluding steroid dienone is 4. The van der Waals surface area contributed by atoms with Crippen LogP contribution in [-0.2, 0) is 4.79 Å². The van der Waals surface area contributed by atoms with Crippen LogP contribution in [0, 0.1) is 5.92 Å². The summed E-state index contributed by atoms with van der Waals surface area (Å²) in [5.74, 6) is 0.617. The Hall–Kier alpha value is -1.31. The van der Waals surface area contributed by atoms with Crippen LogP contribution in [0.1, 0.15) is 13.3 Å². The van der Waals surface area contributed by atoms with Gasteiger partial charge in [-0.15, -0.1) is 0 Å². The van der Waals surface area contributed by atoms with E-state index in [2.05, 4.69) is 36.5 Å². The van der Waals surface area contributed by atoms with Crippen LogP contribution in [0.4, 0.5) is 0 Å². The van der Waals surface area contributed by atoms with Crippen LogP contribution < -0.4 is 5.32 Å². The Morgan fingerprint density at radius 3 is 2.92 bits per heavy atom. The Bertz CT molecular complexity index is 304. The second-order valence-electron chi connectivity index (χ2n) is 3.59. The molecule has 1 N–H and O–H groups in total. The van der Waals surface area contributed by atoms with Gasteiger partial charge in [0.1, 0.15) is 0 Å². The summed E-state index contributed by atoms with van der Waals surface area (Å²) in [6.07, 6.45) is 11.1. The number of rotatable bonds is 1. The molecule has 2 rings (SSSR count). The van der Waals surface area contributed by atoms with Gasteiger partial charge in [0, 0.05) is 0 Å². The predicted octanol–water partition coefficient (Wildman–Crippen LogP) is 1.56. The molecule has 0 saturated carbocycles. The summed E-state index contributed by atoms with van der Waals surface area (Å²) in [4.78, 5) is 10.7. The molecule has 0 bridgehead atoms. The van der Waals surface area contributed by atoms with Crippen molar-refractivity contribution in [3.63, 3.8) is 0 Å². The largest absolute Gasteiger partial charge is 0.349 e. The second kappa shape index (κ2) is 3.21. The lowest BCUT2D eigenvalue weighted by atomic mass is 9.94. The molecule has 1 aliphatic carbocycles. The quantitative estimate of drug-likeness (QED) is 0.602. The highest BCUT2D eigenvalue weighted by Crippen LogP contribution is 2.20. The van der Waals surface area contributed by atoms with Gasteiger partial charge < -0.3 is 5.32 Å². The molecule has 0 radical (unpaired) electrons. The van der Waals surface area contributed by atoms with Gasteiger partial charge in [-0.3, -0.25) is 4.79 Å². The summed E-state index contributed by atoms with van der Waals surface area (Å²) in [5, 5.41) is 2.87. The maximum atomic E-state index is 10.7. The fourth-order valence-corrected chi connectivity index (χ4v) is 1.61. The molecule has 0 aromatic carbocycles. The highest BCUT2D eigenvalue weighted by molar-refractivity contribution is 5.84. The lowest BCUT2D eigenvalue weighted by molar-refractivity contribution is -0.127. The molecule has 1 aliphatic heterocycles. The average Bonchev–Trinajstić information content (AvgIpc) is 2.24. The maximum absolute atomic E-state index is 10.7. The van der Waals surface area contributed by atoms with E-state index in [0.717, 1.165) is 0 Å². The van der Waals surface area contributed by atoms with Crippen molar-refractivity contribution >= 4 is 5.91 Å². The van der Waals surface area contributed by atoms with Crippen molar-refractivity contribution in [3.8, 4) is 0 Å². The molecule has 0 aromatic rings. The van der Waals surface area contributed by atoms with E-state index in [0.29, 0.717) is 12.3 Å². The number of amides is 1. The van der Waals surface area contributed by atoms with Crippen molar-refractivity contribution in [2.24, 2.45) is 5.92 Å². The molecule has 0 aromatic heterocycles. The van der Waals surface area contributed by atoms with Crippen molar-refractivity contribution in [1.29, 1.82) is 0 Å². The monoisotopic (exact) mass is 175 g/mol. The number of β-lactam (4-membered cyclic amide) rings is 1. The normalized spacial score (nSPS) is 31.8. The fraction of sp³-hybridized carbons (Fsp3) is 0.364. The van der Waals surface area contributed by atoms with Crippen LogP contribution in [0.5, 0.6) is 0 Å². The number of carbonyl (C=O) groups excluding carboxylic acids is 1. The van der Waals surface area contributed by atoms with Gasteiger partial charge in [-0.2, -0.15) is 0 Å². The number of carbonyl (C=O) groups is 1. The molecule has 1 fully saturated rings. The first-order valence-corrected chi connectivity index (χ1v) is 4.61. The van der Waals surface area contributed by atoms with Gasteiger partial charge in [0.05, 0.1) is 12.5 Å². The topological polar surface area (TPSA) is 29.1 Å². The molecule has 2 aliphatic rings. The van der Waals surface area contributed by atoms with E-state index in [4.69, 9.17) is 0 Å². The molecular formula is C11H13NO. The van der Waals surface area contributed by atoms with Crippen LogP contribution in [0.25, 0.3) is 0 Å². The molecular weight excluding hydrogens is 162 g/mol. The highest BCUT2D eigenvalue weighted by Gasteiger charge is 2.27. The molecule has 2 heteroatoms. The first kappa shape index (κ1) is 8.30. The third kappa shape index (κ3) is 1.72. The molecule has 1 amide bonds. The maximum Gasteiger partial charge on any atom is 0.222 e. The van der Waals surface area contributed by atoms with Crippen molar-refractivity contribution < 1.29 is 4.79 Å². The smallest absolute Gasteiger partial charge is 0.222 e. The van der Waals surface area contributed by atoms with Crippen LogP contribution in [0.3, 0.4) is 0 Å². The zero-order valence-corrected chi connectivity index (χ0v) is 7.66. The third-order valence-electron chi connectivity index (χ3n) is 2.40. The van der Waals surface area contributed by atoms with E-state index < -0.39 is 0 Å². The molecule has 13 heavy (non-hydrogen) atoms. The summed E-state index contributed by atoms with van der Waals surface area (Å²) < 4.78 is 0. The van der Waals surface area contributed by atoms with Crippen molar-refractivity contribution in [2.75, 3.05) is 0 Å². The zero-order chi connectivity index (χ0) is 9.26. The van der Waals surface area contributed by atoms with Gasteiger partial charge in [-0.25, -0.2) is 0 Å². The van der Waals surface area contributed by atoms with Gasteiger partial charge in [0.2, 0.25) is 5.91 Å². The average molecular weight is 175 g/mol. The lowest BCUT2D eigenvalue weighted by Crippen LogP contribution is -2.49. The summed E-state index contributed by atoms with van der Waals surface area (Å²) >= 11 is 0. The minimum Gasteiger partial charge on any atom is -0.349 e. The standard InChI is InChI=1S/C11H13NO/c1-8-4-2-3-5-9(6-8)10-7-11(13)12-10/h2-6,8,10H,7H2,1H3,(H,12,13). The number of hydrogen-bond acceptors (Lipinski definition) is 1. The van der Waals surface area contributed by atoms with Crippen molar-refractivity contribution in [3.05, 3.63) is 36.0 Å². The van der Waals surface area contributed by atoms with Gasteiger partial charge >= 0.3 is 0 Å². The van der Waals surface area contributed by atoms with E-state index in [1.54, 1.807) is 0 Å². The first-order valence-electron chi connectivity index (χ1n) is 4.61. The zero-order valence-electron chi connectivity index (χ0n) is 7.66. The SMILES string of the molecule is CC1C=CC=CC(C2CC(=O)N2)=C1. The molecule has 68 valence electrons. The van der Waals surface area contributed by atoms with Crippen LogP contribution in [0.2, 0.25) is 0 Å². The Kier molecular flexibility index (Phi) is 2.05. The van der Waals surface area contributed by atoms with Gasteiger partial charge in [0.25, 0.3) is 0 Å². The van der Waals surface area contributed by atoms with E-state index in [9.17, 15) is 4.79 Å². The molecule has 1 saturated heterocycles. The summed E-state index contributed by atoms with van der Waals surface area (Å²) in [6.45, 7) is 2.14. The minimum absolute atomic E-state index is 0.157. The summed E-state index contributed by atoms with van der Waals surface area (Å²) in [6, 6.07) is 0.256.